The van der Waals surface area contributed by atoms with Crippen LogP contribution in [0.25, 0.3) is 0 Å². The van der Waals surface area contributed by atoms with Gasteiger partial charge in [0.1, 0.15) is 5.75 Å². The van der Waals surface area contributed by atoms with Gasteiger partial charge in [0.2, 0.25) is 0 Å². The predicted molar refractivity (Wildman–Crippen MR) is 70.5 cm³/mol. The maximum Gasteiger partial charge on any atom is 0.119 e. The van der Waals surface area contributed by atoms with Crippen molar-refractivity contribution in [3.05, 3.63) is 29.8 Å². The molecule has 0 spiro atoms. The van der Waals surface area contributed by atoms with Gasteiger partial charge in [-0.3, -0.25) is 4.90 Å². The highest BCUT2D eigenvalue weighted by Gasteiger charge is 2.36. The van der Waals surface area contributed by atoms with Crippen molar-refractivity contribution < 1.29 is 4.74 Å². The summed E-state index contributed by atoms with van der Waals surface area (Å²) in [5, 5.41) is 3.43. The minimum absolute atomic E-state index is 0.153. The molecule has 0 aromatic heterocycles. The standard InChI is InChI=1S/C14H22N2O/c1-16(2)14(7-9-15-10-8-14)12-5-4-6-13(11-12)17-3/h4-6,11,15H,7-10H2,1-3H3. The molecule has 0 bridgehead atoms. The van der Waals surface area contributed by atoms with Gasteiger partial charge in [0.05, 0.1) is 7.11 Å². The second-order valence-corrected chi connectivity index (χ2v) is 4.91. The Morgan fingerprint density at radius 2 is 1.94 bits per heavy atom. The molecule has 1 aliphatic heterocycles. The lowest BCUT2D eigenvalue weighted by molar-refractivity contribution is 0.107. The summed E-state index contributed by atoms with van der Waals surface area (Å²) in [4.78, 5) is 2.35. The van der Waals surface area contributed by atoms with Crippen LogP contribution in [0.5, 0.6) is 5.75 Å². The van der Waals surface area contributed by atoms with E-state index in [0.717, 1.165) is 31.7 Å². The summed E-state index contributed by atoms with van der Waals surface area (Å²) in [7, 11) is 6.07. The van der Waals surface area contributed by atoms with Crippen molar-refractivity contribution in [3.63, 3.8) is 0 Å². The van der Waals surface area contributed by atoms with E-state index in [-0.39, 0.29) is 5.54 Å². The zero-order chi connectivity index (χ0) is 12.3. The first kappa shape index (κ1) is 12.4. The molecule has 1 aliphatic rings. The van der Waals surface area contributed by atoms with E-state index < -0.39 is 0 Å². The summed E-state index contributed by atoms with van der Waals surface area (Å²) < 4.78 is 5.34. The Kier molecular flexibility index (Phi) is 3.69. The number of ether oxygens (including phenoxy) is 1. The smallest absolute Gasteiger partial charge is 0.119 e. The normalized spacial score (nSPS) is 19.3. The molecule has 1 N–H and O–H groups in total. The molecule has 17 heavy (non-hydrogen) atoms. The van der Waals surface area contributed by atoms with E-state index in [9.17, 15) is 0 Å². The van der Waals surface area contributed by atoms with E-state index in [1.54, 1.807) is 7.11 Å². The minimum atomic E-state index is 0.153. The zero-order valence-electron chi connectivity index (χ0n) is 11.0. The summed E-state index contributed by atoms with van der Waals surface area (Å²) in [5.74, 6) is 0.947. The summed E-state index contributed by atoms with van der Waals surface area (Å²) in [6.07, 6.45) is 2.29. The molecule has 1 saturated heterocycles. The highest BCUT2D eigenvalue weighted by Crippen LogP contribution is 2.36. The second kappa shape index (κ2) is 5.07. The average Bonchev–Trinajstić information content (AvgIpc) is 2.39. The third-order valence-electron chi connectivity index (χ3n) is 3.89. The zero-order valence-corrected chi connectivity index (χ0v) is 11.0. The van der Waals surface area contributed by atoms with Crippen LogP contribution < -0.4 is 10.1 Å². The number of hydrogen-bond donors (Lipinski definition) is 1. The molecule has 1 aromatic carbocycles. The number of rotatable bonds is 3. The lowest BCUT2D eigenvalue weighted by Gasteiger charge is -2.43. The fraction of sp³-hybridized carbons (Fsp3) is 0.571. The van der Waals surface area contributed by atoms with E-state index in [4.69, 9.17) is 4.74 Å². The Hall–Kier alpha value is -1.06. The van der Waals surface area contributed by atoms with Gasteiger partial charge in [-0.25, -0.2) is 0 Å². The van der Waals surface area contributed by atoms with Crippen LogP contribution in [-0.2, 0) is 5.54 Å². The summed E-state index contributed by atoms with van der Waals surface area (Å²) in [6, 6.07) is 8.48. The van der Waals surface area contributed by atoms with E-state index in [0.29, 0.717) is 0 Å². The first-order valence-electron chi connectivity index (χ1n) is 6.22. The Labute approximate surface area is 104 Å². The van der Waals surface area contributed by atoms with Crippen molar-refractivity contribution in [1.82, 2.24) is 10.2 Å². The van der Waals surface area contributed by atoms with Crippen molar-refractivity contribution in [2.75, 3.05) is 34.3 Å². The van der Waals surface area contributed by atoms with Gasteiger partial charge in [-0.2, -0.15) is 0 Å². The third kappa shape index (κ3) is 2.31. The Bertz CT molecular complexity index is 370. The quantitative estimate of drug-likeness (QED) is 0.863. The van der Waals surface area contributed by atoms with E-state index in [1.807, 2.05) is 6.07 Å². The van der Waals surface area contributed by atoms with Gasteiger partial charge in [0.25, 0.3) is 0 Å². The van der Waals surface area contributed by atoms with Crippen molar-refractivity contribution in [2.24, 2.45) is 0 Å². The monoisotopic (exact) mass is 234 g/mol. The van der Waals surface area contributed by atoms with E-state index in [1.165, 1.54) is 5.56 Å². The molecule has 2 rings (SSSR count). The first-order valence-corrected chi connectivity index (χ1v) is 6.22. The highest BCUT2D eigenvalue weighted by atomic mass is 16.5. The SMILES string of the molecule is COc1cccc(C2(N(C)C)CCNCC2)c1. The molecule has 1 fully saturated rings. The predicted octanol–water partition coefficient (Wildman–Crippen LogP) is 1.84. The number of methoxy groups -OCH3 is 1. The molecule has 3 heteroatoms. The maximum atomic E-state index is 5.34. The minimum Gasteiger partial charge on any atom is -0.497 e. The molecule has 94 valence electrons. The van der Waals surface area contributed by atoms with Crippen LogP contribution in [-0.4, -0.2) is 39.2 Å². The largest absolute Gasteiger partial charge is 0.497 e. The third-order valence-corrected chi connectivity index (χ3v) is 3.89. The van der Waals surface area contributed by atoms with Gasteiger partial charge >= 0.3 is 0 Å². The molecular formula is C14H22N2O. The molecular weight excluding hydrogens is 212 g/mol. The van der Waals surface area contributed by atoms with Gasteiger partial charge in [0, 0.05) is 5.54 Å². The molecule has 0 radical (unpaired) electrons. The van der Waals surface area contributed by atoms with E-state index in [2.05, 4.69) is 42.5 Å². The molecule has 1 aromatic rings. The number of nitrogens with zero attached hydrogens (tertiary/aromatic N) is 1. The lowest BCUT2D eigenvalue weighted by atomic mass is 9.80. The van der Waals surface area contributed by atoms with Gasteiger partial charge in [-0.15, -0.1) is 0 Å². The molecule has 0 saturated carbocycles. The van der Waals surface area contributed by atoms with Gasteiger partial charge < -0.3 is 10.1 Å². The van der Waals surface area contributed by atoms with Gasteiger partial charge in [-0.1, -0.05) is 12.1 Å². The first-order chi connectivity index (χ1) is 8.19. The average molecular weight is 234 g/mol. The molecule has 0 atom stereocenters. The number of benzene rings is 1. The molecule has 0 aliphatic carbocycles. The van der Waals surface area contributed by atoms with Gasteiger partial charge in [-0.05, 0) is 57.7 Å². The summed E-state index contributed by atoms with van der Waals surface area (Å²) >= 11 is 0. The highest BCUT2D eigenvalue weighted by molar-refractivity contribution is 5.34. The lowest BCUT2D eigenvalue weighted by Crippen LogP contribution is -2.49. The molecule has 0 amide bonds. The number of hydrogen-bond acceptors (Lipinski definition) is 3. The van der Waals surface area contributed by atoms with Crippen molar-refractivity contribution >= 4 is 0 Å². The van der Waals surface area contributed by atoms with Crippen LogP contribution in [0.15, 0.2) is 24.3 Å². The second-order valence-electron chi connectivity index (χ2n) is 4.91. The van der Waals surface area contributed by atoms with Crippen LogP contribution in [0.2, 0.25) is 0 Å². The fourth-order valence-corrected chi connectivity index (χ4v) is 2.75. The van der Waals surface area contributed by atoms with Crippen molar-refractivity contribution in [3.8, 4) is 5.75 Å². The van der Waals surface area contributed by atoms with Crippen LogP contribution >= 0.6 is 0 Å². The van der Waals surface area contributed by atoms with Gasteiger partial charge in [0.15, 0.2) is 0 Å². The summed E-state index contributed by atoms with van der Waals surface area (Å²) in [5.41, 5.74) is 1.52. The van der Waals surface area contributed by atoms with Crippen LogP contribution in [0, 0.1) is 0 Å². The molecule has 1 heterocycles. The fourth-order valence-electron chi connectivity index (χ4n) is 2.75. The Balaban J connectivity index is 2.37. The maximum absolute atomic E-state index is 5.34. The van der Waals surface area contributed by atoms with E-state index >= 15 is 0 Å². The van der Waals surface area contributed by atoms with Crippen molar-refractivity contribution in [2.45, 2.75) is 18.4 Å². The van der Waals surface area contributed by atoms with Crippen LogP contribution in [0.4, 0.5) is 0 Å². The number of piperidine rings is 1. The Morgan fingerprint density at radius 1 is 1.24 bits per heavy atom. The van der Waals surface area contributed by atoms with Crippen molar-refractivity contribution in [1.29, 1.82) is 0 Å². The topological polar surface area (TPSA) is 24.5 Å². The van der Waals surface area contributed by atoms with Crippen LogP contribution in [0.1, 0.15) is 18.4 Å². The number of nitrogens with one attached hydrogen (secondary N) is 1. The Morgan fingerprint density at radius 3 is 2.53 bits per heavy atom. The van der Waals surface area contributed by atoms with Crippen LogP contribution in [0.3, 0.4) is 0 Å². The molecule has 0 unspecified atom stereocenters. The summed E-state index contributed by atoms with van der Waals surface area (Å²) in [6.45, 7) is 2.16. The molecule has 3 nitrogen and oxygen atoms in total.